The predicted molar refractivity (Wildman–Crippen MR) is 64.9 cm³/mol. The van der Waals surface area contributed by atoms with Crippen molar-refractivity contribution in [2.75, 3.05) is 13.2 Å². The maximum atomic E-state index is 11.6. The van der Waals surface area contributed by atoms with Gasteiger partial charge in [-0.1, -0.05) is 6.92 Å². The van der Waals surface area contributed by atoms with Crippen LogP contribution in [0.25, 0.3) is 0 Å². The Labute approximate surface area is 99.9 Å². The van der Waals surface area contributed by atoms with Gasteiger partial charge < -0.3 is 15.4 Å². The SMILES string of the molecule is CC(CO)CCCNC(=O)c1c[nH]ccc1=O. The molecule has 0 saturated carbocycles. The number of aromatic nitrogens is 1. The van der Waals surface area contributed by atoms with Gasteiger partial charge in [0.05, 0.1) is 0 Å². The van der Waals surface area contributed by atoms with Crippen molar-refractivity contribution in [2.45, 2.75) is 19.8 Å². The lowest BCUT2D eigenvalue weighted by Crippen LogP contribution is -2.29. The minimum absolute atomic E-state index is 0.128. The van der Waals surface area contributed by atoms with Crippen molar-refractivity contribution in [3.8, 4) is 0 Å². The Hall–Kier alpha value is -1.62. The molecule has 0 aliphatic heterocycles. The van der Waals surface area contributed by atoms with Crippen molar-refractivity contribution in [1.82, 2.24) is 10.3 Å². The quantitative estimate of drug-likeness (QED) is 0.632. The monoisotopic (exact) mass is 238 g/mol. The summed E-state index contributed by atoms with van der Waals surface area (Å²) in [6.45, 7) is 2.62. The van der Waals surface area contributed by atoms with E-state index >= 15 is 0 Å². The molecule has 1 atom stereocenters. The zero-order valence-electron chi connectivity index (χ0n) is 9.90. The van der Waals surface area contributed by atoms with E-state index in [4.69, 9.17) is 5.11 Å². The van der Waals surface area contributed by atoms with Crippen LogP contribution in [0.2, 0.25) is 0 Å². The first-order valence-corrected chi connectivity index (χ1v) is 5.71. The summed E-state index contributed by atoms with van der Waals surface area (Å²) in [4.78, 5) is 25.6. The lowest BCUT2D eigenvalue weighted by Gasteiger charge is -2.08. The number of H-pyrrole nitrogens is 1. The fourth-order valence-electron chi connectivity index (χ4n) is 1.43. The summed E-state index contributed by atoms with van der Waals surface area (Å²) in [6, 6.07) is 1.32. The summed E-state index contributed by atoms with van der Waals surface area (Å²) < 4.78 is 0. The molecular formula is C12H18N2O3. The minimum Gasteiger partial charge on any atom is -0.396 e. The molecule has 1 rings (SSSR count). The fourth-order valence-corrected chi connectivity index (χ4v) is 1.43. The third-order valence-corrected chi connectivity index (χ3v) is 2.54. The van der Waals surface area contributed by atoms with E-state index < -0.39 is 0 Å². The van der Waals surface area contributed by atoms with Crippen molar-refractivity contribution in [2.24, 2.45) is 5.92 Å². The number of pyridine rings is 1. The normalized spacial score (nSPS) is 12.1. The molecule has 1 unspecified atom stereocenters. The average Bonchev–Trinajstić information content (AvgIpc) is 2.34. The molecular weight excluding hydrogens is 220 g/mol. The molecule has 0 aliphatic carbocycles. The van der Waals surface area contributed by atoms with Crippen LogP contribution in [0.1, 0.15) is 30.1 Å². The highest BCUT2D eigenvalue weighted by molar-refractivity contribution is 5.93. The Morgan fingerprint density at radius 3 is 3.00 bits per heavy atom. The maximum Gasteiger partial charge on any atom is 0.256 e. The highest BCUT2D eigenvalue weighted by Crippen LogP contribution is 2.02. The smallest absolute Gasteiger partial charge is 0.256 e. The number of carbonyl (C=O) groups excluding carboxylic acids is 1. The van der Waals surface area contributed by atoms with Gasteiger partial charge in [-0.3, -0.25) is 9.59 Å². The molecule has 0 aliphatic rings. The second-order valence-electron chi connectivity index (χ2n) is 4.11. The van der Waals surface area contributed by atoms with Gasteiger partial charge in [0.25, 0.3) is 5.91 Å². The number of aliphatic hydroxyl groups is 1. The third kappa shape index (κ3) is 4.40. The van der Waals surface area contributed by atoms with Gasteiger partial charge in [-0.05, 0) is 18.8 Å². The molecule has 5 nitrogen and oxygen atoms in total. The molecule has 0 saturated heterocycles. The molecule has 0 aromatic carbocycles. The molecule has 0 radical (unpaired) electrons. The number of aliphatic hydroxyl groups excluding tert-OH is 1. The van der Waals surface area contributed by atoms with Crippen LogP contribution in [-0.2, 0) is 0 Å². The summed E-state index contributed by atoms with van der Waals surface area (Å²) in [6.07, 6.45) is 4.52. The van der Waals surface area contributed by atoms with Crippen molar-refractivity contribution >= 4 is 5.91 Å². The Morgan fingerprint density at radius 2 is 2.35 bits per heavy atom. The number of aromatic amines is 1. The van der Waals surface area contributed by atoms with Gasteiger partial charge >= 0.3 is 0 Å². The van der Waals surface area contributed by atoms with E-state index in [9.17, 15) is 9.59 Å². The van der Waals surface area contributed by atoms with E-state index in [1.165, 1.54) is 18.5 Å². The van der Waals surface area contributed by atoms with Crippen LogP contribution in [0.15, 0.2) is 23.3 Å². The van der Waals surface area contributed by atoms with Crippen LogP contribution < -0.4 is 10.7 Å². The van der Waals surface area contributed by atoms with Crippen LogP contribution in [0.3, 0.4) is 0 Å². The standard InChI is InChI=1S/C12H18N2O3/c1-9(8-15)3-2-5-14-12(17)10-7-13-6-4-11(10)16/h4,6-7,9,15H,2-3,5,8H2,1H3,(H,13,16)(H,14,17). The molecule has 17 heavy (non-hydrogen) atoms. The van der Waals surface area contributed by atoms with E-state index in [0.29, 0.717) is 6.54 Å². The summed E-state index contributed by atoms with van der Waals surface area (Å²) in [7, 11) is 0. The molecule has 5 heteroatoms. The van der Waals surface area contributed by atoms with Gasteiger partial charge in [0.1, 0.15) is 5.56 Å². The number of hydrogen-bond donors (Lipinski definition) is 3. The van der Waals surface area contributed by atoms with Gasteiger partial charge in [0.2, 0.25) is 0 Å². The highest BCUT2D eigenvalue weighted by atomic mass is 16.3. The molecule has 3 N–H and O–H groups in total. The predicted octanol–water partition coefficient (Wildman–Crippen LogP) is 0.513. The zero-order chi connectivity index (χ0) is 12.7. The summed E-state index contributed by atoms with van der Waals surface area (Å²) in [5, 5.41) is 11.5. The number of carbonyl (C=O) groups is 1. The lowest BCUT2D eigenvalue weighted by atomic mass is 10.1. The van der Waals surface area contributed by atoms with E-state index in [0.717, 1.165) is 12.8 Å². The second-order valence-corrected chi connectivity index (χ2v) is 4.11. The first-order valence-electron chi connectivity index (χ1n) is 5.71. The van der Waals surface area contributed by atoms with Gasteiger partial charge in [0.15, 0.2) is 5.43 Å². The molecule has 0 spiro atoms. The van der Waals surface area contributed by atoms with Crippen LogP contribution in [-0.4, -0.2) is 29.1 Å². The summed E-state index contributed by atoms with van der Waals surface area (Å²) >= 11 is 0. The van der Waals surface area contributed by atoms with Gasteiger partial charge in [0, 0.05) is 31.6 Å². The average molecular weight is 238 g/mol. The van der Waals surface area contributed by atoms with Gasteiger partial charge in [-0.25, -0.2) is 0 Å². The van der Waals surface area contributed by atoms with E-state index in [1.807, 2.05) is 6.92 Å². The van der Waals surface area contributed by atoms with Crippen LogP contribution in [0.4, 0.5) is 0 Å². The Balaban J connectivity index is 2.36. The summed E-state index contributed by atoms with van der Waals surface area (Å²) in [5.74, 6) is -0.115. The molecule has 1 aromatic rings. The number of nitrogens with one attached hydrogen (secondary N) is 2. The van der Waals surface area contributed by atoms with E-state index in [-0.39, 0.29) is 29.4 Å². The van der Waals surface area contributed by atoms with Gasteiger partial charge in [-0.15, -0.1) is 0 Å². The first kappa shape index (κ1) is 13.4. The van der Waals surface area contributed by atoms with Crippen LogP contribution in [0.5, 0.6) is 0 Å². The Morgan fingerprint density at radius 1 is 1.59 bits per heavy atom. The highest BCUT2D eigenvalue weighted by Gasteiger charge is 2.08. The first-order chi connectivity index (χ1) is 8.15. The van der Waals surface area contributed by atoms with Crippen molar-refractivity contribution in [3.63, 3.8) is 0 Å². The number of rotatable bonds is 6. The molecule has 94 valence electrons. The fraction of sp³-hybridized carbons (Fsp3) is 0.500. The largest absolute Gasteiger partial charge is 0.396 e. The molecule has 1 aromatic heterocycles. The van der Waals surface area contributed by atoms with E-state index in [2.05, 4.69) is 10.3 Å². The third-order valence-electron chi connectivity index (χ3n) is 2.54. The number of hydrogen-bond acceptors (Lipinski definition) is 3. The lowest BCUT2D eigenvalue weighted by molar-refractivity contribution is 0.0950. The maximum absolute atomic E-state index is 11.6. The molecule has 1 amide bonds. The summed E-state index contributed by atoms with van der Waals surface area (Å²) in [5.41, 5.74) is -0.160. The molecule has 0 fully saturated rings. The Kier molecular flexibility index (Phi) is 5.42. The molecule has 1 heterocycles. The minimum atomic E-state index is -0.358. The van der Waals surface area contributed by atoms with Crippen molar-refractivity contribution in [1.29, 1.82) is 0 Å². The van der Waals surface area contributed by atoms with Crippen LogP contribution >= 0.6 is 0 Å². The van der Waals surface area contributed by atoms with Crippen molar-refractivity contribution < 1.29 is 9.90 Å². The zero-order valence-corrected chi connectivity index (χ0v) is 9.90. The van der Waals surface area contributed by atoms with Crippen LogP contribution in [0, 0.1) is 5.92 Å². The number of amides is 1. The van der Waals surface area contributed by atoms with Gasteiger partial charge in [-0.2, -0.15) is 0 Å². The van der Waals surface area contributed by atoms with Crippen molar-refractivity contribution in [3.05, 3.63) is 34.2 Å². The topological polar surface area (TPSA) is 82.2 Å². The van der Waals surface area contributed by atoms with E-state index in [1.54, 1.807) is 0 Å². The molecule has 0 bridgehead atoms. The Bertz CT molecular complexity index is 414. The second kappa shape index (κ2) is 6.85.